The van der Waals surface area contributed by atoms with E-state index in [-0.39, 0.29) is 0 Å². The minimum atomic E-state index is -3.13. The quantitative estimate of drug-likeness (QED) is 0.886. The van der Waals surface area contributed by atoms with Gasteiger partial charge in [-0.05, 0) is 24.6 Å². The highest BCUT2D eigenvalue weighted by atomic mass is 35.5. The van der Waals surface area contributed by atoms with E-state index in [0.717, 1.165) is 5.56 Å². The Kier molecular flexibility index (Phi) is 3.76. The van der Waals surface area contributed by atoms with Gasteiger partial charge in [0.2, 0.25) is 0 Å². The Bertz CT molecular complexity index is 444. The molecule has 2 N–H and O–H groups in total. The zero-order valence-electron chi connectivity index (χ0n) is 8.64. The normalized spacial score (nSPS) is 16.0. The van der Waals surface area contributed by atoms with Crippen LogP contribution in [0.3, 0.4) is 0 Å². The standard InChI is InChI=1S/C10H14ClNO2S/c1-7(15(2,13)14)10(12)8-4-3-5-9(11)6-8/h3-7,10H,12H2,1-2H3/t7-,10+/m0/s1. The molecule has 15 heavy (non-hydrogen) atoms. The highest BCUT2D eigenvalue weighted by molar-refractivity contribution is 7.91. The molecule has 84 valence electrons. The highest BCUT2D eigenvalue weighted by Gasteiger charge is 2.23. The van der Waals surface area contributed by atoms with Crippen molar-refractivity contribution >= 4 is 21.4 Å². The van der Waals surface area contributed by atoms with Gasteiger partial charge in [0.25, 0.3) is 0 Å². The average molecular weight is 248 g/mol. The lowest BCUT2D eigenvalue weighted by Gasteiger charge is -2.18. The molecule has 1 aromatic carbocycles. The number of hydrogen-bond acceptors (Lipinski definition) is 3. The van der Waals surface area contributed by atoms with Crippen LogP contribution in [-0.2, 0) is 9.84 Å². The fourth-order valence-electron chi connectivity index (χ4n) is 1.25. The molecule has 5 heteroatoms. The predicted molar refractivity (Wildman–Crippen MR) is 62.7 cm³/mol. The van der Waals surface area contributed by atoms with Crippen molar-refractivity contribution in [3.8, 4) is 0 Å². The van der Waals surface area contributed by atoms with Crippen LogP contribution in [0.25, 0.3) is 0 Å². The second-order valence-corrected chi connectivity index (χ2v) is 6.45. The van der Waals surface area contributed by atoms with E-state index in [0.29, 0.717) is 5.02 Å². The van der Waals surface area contributed by atoms with Crippen molar-refractivity contribution in [2.45, 2.75) is 18.2 Å². The first kappa shape index (κ1) is 12.5. The van der Waals surface area contributed by atoms with Gasteiger partial charge < -0.3 is 5.73 Å². The van der Waals surface area contributed by atoms with Crippen LogP contribution in [-0.4, -0.2) is 19.9 Å². The second kappa shape index (κ2) is 4.51. The predicted octanol–water partition coefficient (Wildman–Crippen LogP) is 1.77. The van der Waals surface area contributed by atoms with E-state index in [1.807, 2.05) is 0 Å². The van der Waals surface area contributed by atoms with Crippen molar-refractivity contribution in [2.75, 3.05) is 6.26 Å². The molecular weight excluding hydrogens is 234 g/mol. The minimum Gasteiger partial charge on any atom is -0.323 e. The molecule has 0 aromatic heterocycles. The summed E-state index contributed by atoms with van der Waals surface area (Å²) in [5, 5.41) is -0.0559. The van der Waals surface area contributed by atoms with Crippen LogP contribution < -0.4 is 5.73 Å². The van der Waals surface area contributed by atoms with Crippen molar-refractivity contribution in [2.24, 2.45) is 5.73 Å². The summed E-state index contributed by atoms with van der Waals surface area (Å²) < 4.78 is 22.6. The summed E-state index contributed by atoms with van der Waals surface area (Å²) in [6.45, 7) is 1.60. The van der Waals surface area contributed by atoms with E-state index < -0.39 is 21.1 Å². The molecule has 2 atom stereocenters. The molecule has 3 nitrogen and oxygen atoms in total. The second-order valence-electron chi connectivity index (χ2n) is 3.62. The third kappa shape index (κ3) is 3.19. The summed E-state index contributed by atoms with van der Waals surface area (Å²) in [7, 11) is -3.13. The van der Waals surface area contributed by atoms with E-state index >= 15 is 0 Å². The van der Waals surface area contributed by atoms with E-state index in [4.69, 9.17) is 17.3 Å². The van der Waals surface area contributed by atoms with Gasteiger partial charge in [-0.2, -0.15) is 0 Å². The molecule has 0 bridgehead atoms. The first-order valence-corrected chi connectivity index (χ1v) is 6.85. The van der Waals surface area contributed by atoms with Crippen LogP contribution in [0, 0.1) is 0 Å². The fourth-order valence-corrected chi connectivity index (χ4v) is 2.14. The van der Waals surface area contributed by atoms with Crippen molar-refractivity contribution in [1.82, 2.24) is 0 Å². The summed E-state index contributed by atoms with van der Waals surface area (Å²) in [5.74, 6) is 0. The van der Waals surface area contributed by atoms with Gasteiger partial charge in [-0.3, -0.25) is 0 Å². The number of halogens is 1. The maximum atomic E-state index is 11.3. The van der Waals surface area contributed by atoms with Gasteiger partial charge in [-0.15, -0.1) is 0 Å². The van der Waals surface area contributed by atoms with E-state index in [1.54, 1.807) is 31.2 Å². The number of sulfone groups is 1. The Morgan fingerprint density at radius 2 is 2.00 bits per heavy atom. The molecule has 0 aliphatic heterocycles. The largest absolute Gasteiger partial charge is 0.323 e. The molecule has 0 amide bonds. The van der Waals surface area contributed by atoms with E-state index in [2.05, 4.69) is 0 Å². The third-order valence-corrected chi connectivity index (χ3v) is 4.29. The molecular formula is C10H14ClNO2S. The Hall–Kier alpha value is -0.580. The molecule has 0 aliphatic rings. The van der Waals surface area contributed by atoms with Gasteiger partial charge in [0.05, 0.1) is 5.25 Å². The molecule has 1 rings (SSSR count). The van der Waals surface area contributed by atoms with Crippen molar-refractivity contribution < 1.29 is 8.42 Å². The molecule has 0 radical (unpaired) electrons. The maximum absolute atomic E-state index is 11.3. The Morgan fingerprint density at radius 1 is 1.40 bits per heavy atom. The molecule has 1 aromatic rings. The smallest absolute Gasteiger partial charge is 0.151 e. The van der Waals surface area contributed by atoms with Crippen molar-refractivity contribution in [3.63, 3.8) is 0 Å². The monoisotopic (exact) mass is 247 g/mol. The average Bonchev–Trinajstić information content (AvgIpc) is 2.14. The molecule has 0 unspecified atom stereocenters. The highest BCUT2D eigenvalue weighted by Crippen LogP contribution is 2.21. The van der Waals surface area contributed by atoms with Gasteiger partial charge >= 0.3 is 0 Å². The summed E-state index contributed by atoms with van der Waals surface area (Å²) >= 11 is 5.80. The Balaban J connectivity index is 3.00. The minimum absolute atomic E-state index is 0.543. The summed E-state index contributed by atoms with van der Waals surface area (Å²) in [6.07, 6.45) is 1.18. The number of hydrogen-bond donors (Lipinski definition) is 1. The van der Waals surface area contributed by atoms with Gasteiger partial charge in [0.1, 0.15) is 0 Å². The first-order valence-electron chi connectivity index (χ1n) is 4.52. The SMILES string of the molecule is C[C@@H]([C@@H](N)c1cccc(Cl)c1)S(C)(=O)=O. The van der Waals surface area contributed by atoms with Crippen LogP contribution >= 0.6 is 11.6 Å². The van der Waals surface area contributed by atoms with E-state index in [9.17, 15) is 8.42 Å². The third-order valence-electron chi connectivity index (χ3n) is 2.41. The lowest BCUT2D eigenvalue weighted by atomic mass is 10.1. The molecule has 0 spiro atoms. The zero-order chi connectivity index (χ0) is 11.6. The van der Waals surface area contributed by atoms with Crippen molar-refractivity contribution in [3.05, 3.63) is 34.9 Å². The molecule has 0 saturated carbocycles. The molecule has 0 heterocycles. The van der Waals surface area contributed by atoms with Crippen LogP contribution in [0.4, 0.5) is 0 Å². The number of nitrogens with two attached hydrogens (primary N) is 1. The lowest BCUT2D eigenvalue weighted by Crippen LogP contribution is -2.30. The molecule has 0 fully saturated rings. The fraction of sp³-hybridized carbons (Fsp3) is 0.400. The van der Waals surface area contributed by atoms with Gasteiger partial charge in [0.15, 0.2) is 9.84 Å². The summed E-state index contributed by atoms with van der Waals surface area (Å²) in [4.78, 5) is 0. The van der Waals surface area contributed by atoms with Crippen LogP contribution in [0.15, 0.2) is 24.3 Å². The Morgan fingerprint density at radius 3 is 2.47 bits per heavy atom. The first-order chi connectivity index (χ1) is 6.82. The van der Waals surface area contributed by atoms with Crippen LogP contribution in [0.1, 0.15) is 18.5 Å². The summed E-state index contributed by atoms with van der Waals surface area (Å²) in [5.41, 5.74) is 6.59. The molecule has 0 saturated heterocycles. The van der Waals surface area contributed by atoms with Gasteiger partial charge in [-0.25, -0.2) is 8.42 Å². The zero-order valence-corrected chi connectivity index (χ0v) is 10.2. The molecule has 0 aliphatic carbocycles. The van der Waals surface area contributed by atoms with Gasteiger partial charge in [0, 0.05) is 17.3 Å². The van der Waals surface area contributed by atoms with Gasteiger partial charge in [-0.1, -0.05) is 23.7 Å². The lowest BCUT2D eigenvalue weighted by molar-refractivity contribution is 0.571. The van der Waals surface area contributed by atoms with E-state index in [1.165, 1.54) is 6.26 Å². The Labute approximate surface area is 95.2 Å². The summed E-state index contributed by atoms with van der Waals surface area (Å²) in [6, 6.07) is 6.40. The topological polar surface area (TPSA) is 60.2 Å². The number of rotatable bonds is 3. The van der Waals surface area contributed by atoms with Crippen molar-refractivity contribution in [1.29, 1.82) is 0 Å². The van der Waals surface area contributed by atoms with Crippen LogP contribution in [0.2, 0.25) is 5.02 Å². The van der Waals surface area contributed by atoms with Crippen LogP contribution in [0.5, 0.6) is 0 Å². The maximum Gasteiger partial charge on any atom is 0.151 e. The number of benzene rings is 1.